The molecule has 0 aliphatic rings. The van der Waals surface area contributed by atoms with Crippen LogP contribution in [0.25, 0.3) is 0 Å². The van der Waals surface area contributed by atoms with Gasteiger partial charge in [0.1, 0.15) is 5.82 Å². The van der Waals surface area contributed by atoms with E-state index in [0.717, 1.165) is 20.9 Å². The third-order valence-corrected chi connectivity index (χ3v) is 8.53. The minimum Gasteiger partial charge on any atom is -0.332 e. The van der Waals surface area contributed by atoms with Crippen LogP contribution in [-0.4, -0.2) is 35.6 Å². The highest BCUT2D eigenvalue weighted by Gasteiger charge is 2.36. The van der Waals surface area contributed by atoms with Crippen LogP contribution in [0.3, 0.4) is 0 Å². The fourth-order valence-electron chi connectivity index (χ4n) is 3.54. The van der Waals surface area contributed by atoms with Crippen molar-refractivity contribution in [3.8, 4) is 0 Å². The first-order valence-corrected chi connectivity index (χ1v) is 13.3. The summed E-state index contributed by atoms with van der Waals surface area (Å²) in [4.78, 5) is 17.5. The summed E-state index contributed by atoms with van der Waals surface area (Å²) in [7, 11) is -3.91. The molecule has 1 amide bonds. The molecule has 3 rings (SSSR count). The van der Waals surface area contributed by atoms with Crippen LogP contribution < -0.4 is 0 Å². The lowest BCUT2D eigenvalue weighted by atomic mass is 10.1. The van der Waals surface area contributed by atoms with Gasteiger partial charge >= 0.3 is 0 Å². The topological polar surface area (TPSA) is 57.7 Å². The minimum absolute atomic E-state index is 0.153. The molecule has 5 nitrogen and oxygen atoms in total. The lowest BCUT2D eigenvalue weighted by molar-refractivity contribution is -0.133. The van der Waals surface area contributed by atoms with Gasteiger partial charge in [-0.25, -0.2) is 12.8 Å². The zero-order valence-corrected chi connectivity index (χ0v) is 21.8. The second-order valence-corrected chi connectivity index (χ2v) is 12.6. The third kappa shape index (κ3) is 6.52. The molecule has 0 aliphatic heterocycles. The first kappa shape index (κ1) is 26.1. The van der Waals surface area contributed by atoms with Crippen LogP contribution in [0, 0.1) is 19.7 Å². The number of nitrogens with zero attached hydrogens (tertiary/aromatic N) is 2. The second kappa shape index (κ2) is 10.4. The maximum Gasteiger partial charge on any atom is 0.244 e. The smallest absolute Gasteiger partial charge is 0.244 e. The van der Waals surface area contributed by atoms with E-state index in [1.54, 1.807) is 73.4 Å². The lowest BCUT2D eigenvalue weighted by Gasteiger charge is -2.35. The molecule has 0 fully saturated rings. The van der Waals surface area contributed by atoms with E-state index in [1.165, 1.54) is 16.4 Å². The summed E-state index contributed by atoms with van der Waals surface area (Å²) in [6.45, 7) is 9.51. The van der Waals surface area contributed by atoms with Gasteiger partial charge in [-0.1, -0.05) is 29.8 Å². The average Bonchev–Trinajstić information content (AvgIpc) is 3.17. The maximum absolute atomic E-state index is 13.6. The molecule has 0 atom stereocenters. The number of benzene rings is 2. The first-order valence-electron chi connectivity index (χ1n) is 11.0. The molecule has 2 aromatic carbocycles. The fourth-order valence-corrected chi connectivity index (χ4v) is 6.19. The maximum atomic E-state index is 13.6. The second-order valence-electron chi connectivity index (χ2n) is 9.38. The Morgan fingerprint density at radius 2 is 1.53 bits per heavy atom. The predicted octanol–water partition coefficient (Wildman–Crippen LogP) is 5.52. The molecular weight excluding hydrogens is 471 g/mol. The van der Waals surface area contributed by atoms with Gasteiger partial charge in [-0.3, -0.25) is 4.79 Å². The van der Waals surface area contributed by atoms with Crippen LogP contribution in [0.2, 0.25) is 0 Å². The van der Waals surface area contributed by atoms with E-state index in [9.17, 15) is 17.6 Å². The van der Waals surface area contributed by atoms with E-state index in [-0.39, 0.29) is 29.7 Å². The Balaban J connectivity index is 1.91. The number of amides is 1. The summed E-state index contributed by atoms with van der Waals surface area (Å²) < 4.78 is 41.7. The summed E-state index contributed by atoms with van der Waals surface area (Å²) in [5.41, 5.74) is 0.904. The molecule has 1 aromatic heterocycles. The Hall–Kier alpha value is -2.55. The van der Waals surface area contributed by atoms with Gasteiger partial charge in [-0.05, 0) is 76.6 Å². The largest absolute Gasteiger partial charge is 0.332 e. The predicted molar refractivity (Wildman–Crippen MR) is 135 cm³/mol. The molecule has 34 heavy (non-hydrogen) atoms. The number of carbonyl (C=O) groups is 1. The van der Waals surface area contributed by atoms with E-state index in [0.29, 0.717) is 6.54 Å². The summed E-state index contributed by atoms with van der Waals surface area (Å²) in [5, 5.41) is 0. The highest BCUT2D eigenvalue weighted by atomic mass is 32.2. The molecule has 0 saturated heterocycles. The normalized spacial score (nSPS) is 12.2. The summed E-state index contributed by atoms with van der Waals surface area (Å²) >= 11 is 1.59. The van der Waals surface area contributed by atoms with Crippen molar-refractivity contribution in [2.45, 2.75) is 58.1 Å². The van der Waals surface area contributed by atoms with Crippen molar-refractivity contribution in [2.75, 3.05) is 6.54 Å². The molecule has 0 bridgehead atoms. The molecule has 0 unspecified atom stereocenters. The number of hydrogen-bond donors (Lipinski definition) is 0. The Labute approximate surface area is 205 Å². The first-order chi connectivity index (χ1) is 15.9. The molecule has 0 saturated carbocycles. The number of aryl methyl sites for hydroxylation is 2. The average molecular weight is 503 g/mol. The number of rotatable bonds is 8. The van der Waals surface area contributed by atoms with Crippen LogP contribution in [0.4, 0.5) is 4.39 Å². The van der Waals surface area contributed by atoms with Gasteiger partial charge in [0.25, 0.3) is 0 Å². The van der Waals surface area contributed by atoms with Crippen molar-refractivity contribution in [2.24, 2.45) is 0 Å². The van der Waals surface area contributed by atoms with Crippen molar-refractivity contribution in [3.05, 3.63) is 87.4 Å². The zero-order chi connectivity index (χ0) is 25.1. The van der Waals surface area contributed by atoms with E-state index >= 15 is 0 Å². The summed E-state index contributed by atoms with van der Waals surface area (Å²) in [6.07, 6.45) is 0. The van der Waals surface area contributed by atoms with E-state index < -0.39 is 15.6 Å². The van der Waals surface area contributed by atoms with Crippen LogP contribution >= 0.6 is 11.3 Å². The summed E-state index contributed by atoms with van der Waals surface area (Å²) in [5.74, 6) is -0.667. The summed E-state index contributed by atoms with van der Waals surface area (Å²) in [6, 6.07) is 16.6. The SMILES string of the molecule is Cc1ccc(S(=O)(=O)N(CC(=O)N(Cc2ccc(F)cc2)Cc2ccc(C)s2)C(C)(C)C)cc1. The molecule has 1 heterocycles. The number of hydrogen-bond acceptors (Lipinski definition) is 4. The third-order valence-electron chi connectivity index (χ3n) is 5.42. The van der Waals surface area contributed by atoms with Crippen LogP contribution in [0.1, 0.15) is 41.7 Å². The molecular formula is C26H31FN2O3S2. The van der Waals surface area contributed by atoms with E-state index in [1.807, 2.05) is 26.0 Å². The lowest BCUT2D eigenvalue weighted by Crippen LogP contribution is -2.50. The van der Waals surface area contributed by atoms with Crippen LogP contribution in [-0.2, 0) is 27.9 Å². The Bertz CT molecular complexity index is 1230. The number of thiophene rings is 1. The minimum atomic E-state index is -3.91. The fraction of sp³-hybridized carbons (Fsp3) is 0.346. The van der Waals surface area contributed by atoms with Crippen molar-refractivity contribution in [1.82, 2.24) is 9.21 Å². The molecule has 3 aromatic rings. The Morgan fingerprint density at radius 1 is 0.912 bits per heavy atom. The Morgan fingerprint density at radius 3 is 2.06 bits per heavy atom. The van der Waals surface area contributed by atoms with Crippen molar-refractivity contribution < 1.29 is 17.6 Å². The highest BCUT2D eigenvalue weighted by Crippen LogP contribution is 2.26. The van der Waals surface area contributed by atoms with Gasteiger partial charge in [-0.15, -0.1) is 11.3 Å². The number of carbonyl (C=O) groups excluding carboxylic acids is 1. The molecule has 182 valence electrons. The van der Waals surface area contributed by atoms with Crippen LogP contribution in [0.15, 0.2) is 65.6 Å². The molecule has 8 heteroatoms. The molecule has 0 radical (unpaired) electrons. The molecule has 0 spiro atoms. The van der Waals surface area contributed by atoms with Gasteiger partial charge in [-0.2, -0.15) is 4.31 Å². The van der Waals surface area contributed by atoms with Crippen molar-refractivity contribution in [1.29, 1.82) is 0 Å². The van der Waals surface area contributed by atoms with Gasteiger partial charge < -0.3 is 4.90 Å². The van der Waals surface area contributed by atoms with E-state index in [4.69, 9.17) is 0 Å². The van der Waals surface area contributed by atoms with Gasteiger partial charge in [0.2, 0.25) is 15.9 Å². The number of sulfonamides is 1. The monoisotopic (exact) mass is 502 g/mol. The zero-order valence-electron chi connectivity index (χ0n) is 20.2. The molecule has 0 aliphatic carbocycles. The van der Waals surface area contributed by atoms with Crippen LogP contribution in [0.5, 0.6) is 0 Å². The molecule has 0 N–H and O–H groups in total. The van der Waals surface area contributed by atoms with Gasteiger partial charge in [0, 0.05) is 21.8 Å². The van der Waals surface area contributed by atoms with Crippen molar-refractivity contribution in [3.63, 3.8) is 0 Å². The van der Waals surface area contributed by atoms with E-state index in [2.05, 4.69) is 0 Å². The Kier molecular flexibility index (Phi) is 7.95. The van der Waals surface area contributed by atoms with Crippen molar-refractivity contribution >= 4 is 27.3 Å². The highest BCUT2D eigenvalue weighted by molar-refractivity contribution is 7.89. The number of halogens is 1. The quantitative estimate of drug-likeness (QED) is 0.407. The van der Waals surface area contributed by atoms with Gasteiger partial charge in [0.15, 0.2) is 0 Å². The standard InChI is InChI=1S/C26H31FN2O3S2/c1-19-6-14-24(15-7-19)34(31,32)29(26(3,4)5)18-25(30)28(17-23-13-8-20(2)33-23)16-21-9-11-22(27)12-10-21/h6-15H,16-18H2,1-5H3. The van der Waals surface area contributed by atoms with Gasteiger partial charge in [0.05, 0.1) is 18.0 Å².